The zero-order valence-corrected chi connectivity index (χ0v) is 11.1. The molecule has 0 atom stereocenters. The fourth-order valence-electron chi connectivity index (χ4n) is 1.93. The summed E-state index contributed by atoms with van der Waals surface area (Å²) >= 11 is 5.83. The van der Waals surface area contributed by atoms with Crippen molar-refractivity contribution in [2.24, 2.45) is 7.05 Å². The molecule has 0 aliphatic rings. The van der Waals surface area contributed by atoms with E-state index in [9.17, 15) is 0 Å². The lowest BCUT2D eigenvalue weighted by Gasteiger charge is -2.00. The van der Waals surface area contributed by atoms with E-state index in [0.717, 1.165) is 22.5 Å². The number of aromatic nitrogens is 3. The van der Waals surface area contributed by atoms with Crippen LogP contribution in [0.4, 0.5) is 0 Å². The third-order valence-corrected chi connectivity index (χ3v) is 2.88. The highest BCUT2D eigenvalue weighted by Gasteiger charge is 2.12. The fraction of sp³-hybridized carbons (Fsp3) is 0.143. The molecule has 0 amide bonds. The summed E-state index contributed by atoms with van der Waals surface area (Å²) < 4.78 is 2.04. The lowest BCUT2D eigenvalue weighted by Crippen LogP contribution is -1.88. The maximum absolute atomic E-state index is 5.83. The maximum atomic E-state index is 5.83. The molecule has 0 saturated heterocycles. The molecule has 0 N–H and O–H groups in total. The van der Waals surface area contributed by atoms with E-state index in [0.29, 0.717) is 0 Å². The smallest absolute Gasteiger partial charge is 0.222 e. The van der Waals surface area contributed by atoms with Crippen molar-refractivity contribution in [3.8, 4) is 11.3 Å². The highest BCUT2D eigenvalue weighted by Crippen LogP contribution is 2.28. The molecule has 0 spiro atoms. The van der Waals surface area contributed by atoms with Crippen molar-refractivity contribution in [1.29, 1.82) is 0 Å². The van der Waals surface area contributed by atoms with Crippen LogP contribution in [0.15, 0.2) is 31.1 Å². The van der Waals surface area contributed by atoms with Crippen LogP contribution in [0.25, 0.3) is 23.4 Å². The molecule has 2 aromatic rings. The van der Waals surface area contributed by atoms with Crippen LogP contribution in [0, 0.1) is 0 Å². The summed E-state index contributed by atoms with van der Waals surface area (Å²) in [4.78, 5) is 8.13. The van der Waals surface area contributed by atoms with Gasteiger partial charge in [0.15, 0.2) is 0 Å². The molecule has 3 nitrogen and oxygen atoms in total. The minimum atomic E-state index is 0.249. The molecule has 0 saturated carbocycles. The van der Waals surface area contributed by atoms with Crippen LogP contribution < -0.4 is 0 Å². The first-order chi connectivity index (χ1) is 8.67. The lowest BCUT2D eigenvalue weighted by atomic mass is 10.1. The van der Waals surface area contributed by atoms with Gasteiger partial charge in [-0.1, -0.05) is 18.7 Å². The van der Waals surface area contributed by atoms with Gasteiger partial charge in [-0.15, -0.1) is 0 Å². The van der Waals surface area contributed by atoms with E-state index in [1.54, 1.807) is 6.20 Å². The summed E-state index contributed by atoms with van der Waals surface area (Å²) in [6.07, 6.45) is 9.55. The summed E-state index contributed by atoms with van der Waals surface area (Å²) in [5, 5.41) is 0.249. The van der Waals surface area contributed by atoms with Gasteiger partial charge in [-0.2, -0.15) is 0 Å². The zero-order valence-electron chi connectivity index (χ0n) is 10.4. The molecular weight excluding hydrogens is 246 g/mol. The van der Waals surface area contributed by atoms with E-state index in [2.05, 4.69) is 16.5 Å². The molecule has 2 aromatic heterocycles. The predicted octanol–water partition coefficient (Wildman–Crippen LogP) is 3.81. The SMILES string of the molecule is C=Cc1c(-c2ccnc(Cl)n2)cn(C)c1/C=C\C. The Kier molecular flexibility index (Phi) is 3.63. The minimum Gasteiger partial charge on any atom is -0.350 e. The van der Waals surface area contributed by atoms with E-state index < -0.39 is 0 Å². The molecule has 18 heavy (non-hydrogen) atoms. The second-order valence-electron chi connectivity index (χ2n) is 3.87. The van der Waals surface area contributed by atoms with Crippen molar-refractivity contribution >= 4 is 23.8 Å². The Labute approximate surface area is 111 Å². The van der Waals surface area contributed by atoms with Crippen molar-refractivity contribution in [2.45, 2.75) is 6.92 Å². The normalized spacial score (nSPS) is 11.1. The molecule has 2 rings (SSSR count). The van der Waals surface area contributed by atoms with E-state index >= 15 is 0 Å². The summed E-state index contributed by atoms with van der Waals surface area (Å²) in [5.41, 5.74) is 3.95. The highest BCUT2D eigenvalue weighted by atomic mass is 35.5. The van der Waals surface area contributed by atoms with E-state index in [-0.39, 0.29) is 5.28 Å². The van der Waals surface area contributed by atoms with Gasteiger partial charge in [-0.05, 0) is 30.7 Å². The Bertz CT molecular complexity index is 611. The number of hydrogen-bond acceptors (Lipinski definition) is 2. The van der Waals surface area contributed by atoms with Gasteiger partial charge in [0.05, 0.1) is 5.69 Å². The standard InChI is InChI=1S/C14H14ClN3/c1-4-6-13-10(5-2)11(9-18(13)3)12-7-8-16-14(15)17-12/h4-9H,2H2,1,3H3/b6-4-. The van der Waals surface area contributed by atoms with Gasteiger partial charge in [0.2, 0.25) is 5.28 Å². The van der Waals surface area contributed by atoms with E-state index in [1.807, 2.05) is 49.0 Å². The third kappa shape index (κ3) is 2.22. The Hall–Kier alpha value is -1.87. The van der Waals surface area contributed by atoms with Gasteiger partial charge < -0.3 is 4.57 Å². The average molecular weight is 260 g/mol. The Morgan fingerprint density at radius 1 is 1.44 bits per heavy atom. The predicted molar refractivity (Wildman–Crippen MR) is 76.2 cm³/mol. The molecule has 0 aromatic carbocycles. The molecule has 2 heterocycles. The first kappa shape index (κ1) is 12.6. The second-order valence-corrected chi connectivity index (χ2v) is 4.21. The maximum Gasteiger partial charge on any atom is 0.222 e. The van der Waals surface area contributed by atoms with Crippen molar-refractivity contribution < 1.29 is 0 Å². The van der Waals surface area contributed by atoms with Crippen LogP contribution in [0.1, 0.15) is 18.2 Å². The van der Waals surface area contributed by atoms with Crippen molar-refractivity contribution in [3.05, 3.63) is 47.7 Å². The van der Waals surface area contributed by atoms with Crippen LogP contribution >= 0.6 is 11.6 Å². The first-order valence-electron chi connectivity index (χ1n) is 5.60. The minimum absolute atomic E-state index is 0.249. The van der Waals surface area contributed by atoms with Crippen molar-refractivity contribution in [1.82, 2.24) is 14.5 Å². The van der Waals surface area contributed by atoms with Crippen LogP contribution in [0.5, 0.6) is 0 Å². The molecule has 0 fully saturated rings. The number of rotatable bonds is 3. The van der Waals surface area contributed by atoms with Gasteiger partial charge in [-0.25, -0.2) is 9.97 Å². The van der Waals surface area contributed by atoms with Crippen molar-refractivity contribution in [3.63, 3.8) is 0 Å². The first-order valence-corrected chi connectivity index (χ1v) is 5.98. The van der Waals surface area contributed by atoms with Gasteiger partial charge in [0, 0.05) is 36.3 Å². The quantitative estimate of drug-likeness (QED) is 0.785. The Morgan fingerprint density at radius 2 is 2.22 bits per heavy atom. The Morgan fingerprint density at radius 3 is 2.83 bits per heavy atom. The van der Waals surface area contributed by atoms with Crippen LogP contribution in [-0.2, 0) is 7.05 Å². The third-order valence-electron chi connectivity index (χ3n) is 2.70. The summed E-state index contributed by atoms with van der Waals surface area (Å²) in [5.74, 6) is 0. The van der Waals surface area contributed by atoms with Gasteiger partial charge in [0.25, 0.3) is 0 Å². The molecule has 0 radical (unpaired) electrons. The number of aryl methyl sites for hydroxylation is 1. The zero-order chi connectivity index (χ0) is 13.1. The molecule has 0 bridgehead atoms. The van der Waals surface area contributed by atoms with Gasteiger partial charge in [0.1, 0.15) is 0 Å². The summed E-state index contributed by atoms with van der Waals surface area (Å²) in [6.45, 7) is 5.86. The van der Waals surface area contributed by atoms with Crippen LogP contribution in [-0.4, -0.2) is 14.5 Å². The summed E-state index contributed by atoms with van der Waals surface area (Å²) in [7, 11) is 1.99. The number of nitrogens with zero attached hydrogens (tertiary/aromatic N) is 3. The average Bonchev–Trinajstić information content (AvgIpc) is 2.67. The lowest BCUT2D eigenvalue weighted by molar-refractivity contribution is 0.914. The molecule has 92 valence electrons. The molecule has 4 heteroatoms. The monoisotopic (exact) mass is 259 g/mol. The van der Waals surface area contributed by atoms with Crippen molar-refractivity contribution in [2.75, 3.05) is 0 Å². The topological polar surface area (TPSA) is 30.7 Å². The number of hydrogen-bond donors (Lipinski definition) is 0. The van der Waals surface area contributed by atoms with E-state index in [1.165, 1.54) is 0 Å². The van der Waals surface area contributed by atoms with E-state index in [4.69, 9.17) is 11.6 Å². The van der Waals surface area contributed by atoms with Crippen LogP contribution in [0.2, 0.25) is 5.28 Å². The molecule has 0 unspecified atom stereocenters. The fourth-order valence-corrected chi connectivity index (χ4v) is 2.08. The largest absolute Gasteiger partial charge is 0.350 e. The number of halogens is 1. The molecular formula is C14H14ClN3. The highest BCUT2D eigenvalue weighted by molar-refractivity contribution is 6.28. The molecule has 0 aliphatic carbocycles. The Balaban J connectivity index is 2.65. The number of allylic oxidation sites excluding steroid dienone is 1. The van der Waals surface area contributed by atoms with Gasteiger partial charge in [-0.3, -0.25) is 0 Å². The molecule has 0 aliphatic heterocycles. The summed E-state index contributed by atoms with van der Waals surface area (Å²) in [6, 6.07) is 1.84. The second kappa shape index (κ2) is 5.19. The van der Waals surface area contributed by atoms with Crippen LogP contribution in [0.3, 0.4) is 0 Å². The van der Waals surface area contributed by atoms with Gasteiger partial charge >= 0.3 is 0 Å².